The Hall–Kier alpha value is -3.29. The summed E-state index contributed by atoms with van der Waals surface area (Å²) >= 11 is 0. The lowest BCUT2D eigenvalue weighted by Crippen LogP contribution is -2.32. The first-order valence-corrected chi connectivity index (χ1v) is 10.4. The maximum atomic E-state index is 12.5. The smallest absolute Gasteiger partial charge is 0.267 e. The molecular weight excluding hydrogens is 380 g/mol. The first-order chi connectivity index (χ1) is 14.6. The zero-order valence-electron chi connectivity index (χ0n) is 16.8. The zero-order chi connectivity index (χ0) is 20.6. The van der Waals surface area contributed by atoms with Gasteiger partial charge in [-0.25, -0.2) is 14.6 Å². The summed E-state index contributed by atoms with van der Waals surface area (Å²) in [5.74, 6) is 0.470. The molecule has 1 aromatic carbocycles. The van der Waals surface area contributed by atoms with Crippen LogP contribution in [0.25, 0.3) is 10.9 Å². The highest BCUT2D eigenvalue weighted by atomic mass is 16.2. The van der Waals surface area contributed by atoms with Crippen LogP contribution < -0.4 is 15.8 Å². The summed E-state index contributed by atoms with van der Waals surface area (Å²) < 4.78 is 1.24. The number of hydrogen-bond donors (Lipinski definition) is 1. The lowest BCUT2D eigenvalue weighted by atomic mass is 9.86. The molecule has 1 saturated heterocycles. The van der Waals surface area contributed by atoms with Crippen LogP contribution in [0, 0.1) is 5.41 Å². The maximum absolute atomic E-state index is 12.5. The van der Waals surface area contributed by atoms with E-state index in [2.05, 4.69) is 25.3 Å². The Kier molecular flexibility index (Phi) is 4.69. The maximum Gasteiger partial charge on any atom is 0.267 e. The molecule has 3 heterocycles. The summed E-state index contributed by atoms with van der Waals surface area (Å²) in [6, 6.07) is 8.70. The fourth-order valence-corrected chi connectivity index (χ4v) is 4.77. The van der Waals surface area contributed by atoms with Gasteiger partial charge in [-0.2, -0.15) is 5.10 Å². The molecule has 2 aromatic heterocycles. The number of carbonyl (C=O) groups is 1. The van der Waals surface area contributed by atoms with E-state index < -0.39 is 0 Å². The van der Waals surface area contributed by atoms with Crippen molar-refractivity contribution in [3.8, 4) is 0 Å². The normalized spacial score (nSPS) is 17.7. The third kappa shape index (κ3) is 3.65. The van der Waals surface area contributed by atoms with Gasteiger partial charge in [-0.05, 0) is 48.9 Å². The number of nitrogens with zero attached hydrogens (tertiary/aromatic N) is 5. The number of nitrogens with one attached hydrogen (secondary N) is 1. The summed E-state index contributed by atoms with van der Waals surface area (Å²) in [7, 11) is 0. The van der Waals surface area contributed by atoms with E-state index in [0.29, 0.717) is 11.1 Å². The van der Waals surface area contributed by atoms with Gasteiger partial charge < -0.3 is 10.2 Å². The molecule has 2 aliphatic rings. The molecule has 0 bridgehead atoms. The molecule has 2 fully saturated rings. The van der Waals surface area contributed by atoms with Crippen LogP contribution in [-0.4, -0.2) is 38.7 Å². The topological polar surface area (TPSA) is 93.0 Å². The lowest BCUT2D eigenvalue weighted by molar-refractivity contribution is -0.117. The van der Waals surface area contributed by atoms with Gasteiger partial charge in [-0.3, -0.25) is 9.59 Å². The molecule has 5 rings (SSSR count). The van der Waals surface area contributed by atoms with Crippen molar-refractivity contribution in [3.63, 3.8) is 0 Å². The summed E-state index contributed by atoms with van der Waals surface area (Å²) in [6.07, 6.45) is 9.54. The molecular formula is C22H24N6O2. The van der Waals surface area contributed by atoms with Crippen LogP contribution in [-0.2, 0) is 11.3 Å². The van der Waals surface area contributed by atoms with E-state index in [0.717, 1.165) is 29.8 Å². The second-order valence-electron chi connectivity index (χ2n) is 8.41. The number of aromatic nitrogens is 4. The van der Waals surface area contributed by atoms with E-state index in [1.807, 2.05) is 6.07 Å². The minimum Gasteiger partial charge on any atom is -0.355 e. The number of benzene rings is 1. The highest BCUT2D eigenvalue weighted by molar-refractivity contribution is 5.93. The first-order valence-electron chi connectivity index (χ1n) is 10.4. The second kappa shape index (κ2) is 7.51. The van der Waals surface area contributed by atoms with E-state index >= 15 is 0 Å². The first kappa shape index (κ1) is 18.7. The van der Waals surface area contributed by atoms with Gasteiger partial charge in [0.1, 0.15) is 18.7 Å². The predicted octanol–water partition coefficient (Wildman–Crippen LogP) is 2.60. The lowest BCUT2D eigenvalue weighted by Gasteiger charge is -2.24. The summed E-state index contributed by atoms with van der Waals surface area (Å²) in [5.41, 5.74) is 1.50. The Morgan fingerprint density at radius 1 is 1.13 bits per heavy atom. The zero-order valence-corrected chi connectivity index (χ0v) is 16.8. The molecule has 8 heteroatoms. The van der Waals surface area contributed by atoms with Crippen LogP contribution in [0.4, 0.5) is 11.5 Å². The van der Waals surface area contributed by atoms with Gasteiger partial charge in [0.15, 0.2) is 0 Å². The monoisotopic (exact) mass is 404 g/mol. The van der Waals surface area contributed by atoms with E-state index in [1.165, 1.54) is 49.2 Å². The molecule has 0 radical (unpaired) electrons. The molecule has 0 unspecified atom stereocenters. The van der Waals surface area contributed by atoms with Crippen LogP contribution in [0.2, 0.25) is 0 Å². The fourth-order valence-electron chi connectivity index (χ4n) is 4.77. The summed E-state index contributed by atoms with van der Waals surface area (Å²) in [5, 5.41) is 8.21. The third-order valence-electron chi connectivity index (χ3n) is 6.36. The van der Waals surface area contributed by atoms with Crippen molar-refractivity contribution in [1.29, 1.82) is 0 Å². The Bertz CT molecular complexity index is 1150. The predicted molar refractivity (Wildman–Crippen MR) is 114 cm³/mol. The van der Waals surface area contributed by atoms with Crippen LogP contribution in [0.15, 0.2) is 47.7 Å². The summed E-state index contributed by atoms with van der Waals surface area (Å²) in [4.78, 5) is 35.3. The van der Waals surface area contributed by atoms with Crippen molar-refractivity contribution < 1.29 is 4.79 Å². The van der Waals surface area contributed by atoms with Gasteiger partial charge in [0.25, 0.3) is 5.56 Å². The quantitative estimate of drug-likeness (QED) is 0.719. The number of fused-ring (bicyclic) bond motifs is 1. The molecule has 1 spiro atoms. The number of rotatable bonds is 4. The molecule has 1 saturated carbocycles. The van der Waals surface area contributed by atoms with Gasteiger partial charge >= 0.3 is 0 Å². The highest BCUT2D eigenvalue weighted by Gasteiger charge is 2.40. The van der Waals surface area contributed by atoms with E-state index in [9.17, 15) is 9.59 Å². The number of hydrogen-bond acceptors (Lipinski definition) is 6. The second-order valence-corrected chi connectivity index (χ2v) is 8.41. The van der Waals surface area contributed by atoms with Gasteiger partial charge in [-0.15, -0.1) is 0 Å². The number of amides is 1. The molecule has 1 amide bonds. The Balaban J connectivity index is 1.30. The van der Waals surface area contributed by atoms with Gasteiger partial charge in [0.05, 0.1) is 5.52 Å². The van der Waals surface area contributed by atoms with E-state index in [-0.39, 0.29) is 18.0 Å². The van der Waals surface area contributed by atoms with Crippen LogP contribution in [0.3, 0.4) is 0 Å². The Labute approximate surface area is 173 Å². The van der Waals surface area contributed by atoms with Crippen molar-refractivity contribution in [3.05, 3.63) is 53.2 Å². The largest absolute Gasteiger partial charge is 0.355 e. The highest BCUT2D eigenvalue weighted by Crippen LogP contribution is 2.45. The van der Waals surface area contributed by atoms with Crippen LogP contribution >= 0.6 is 0 Å². The van der Waals surface area contributed by atoms with Crippen molar-refractivity contribution in [2.24, 2.45) is 5.41 Å². The van der Waals surface area contributed by atoms with Crippen LogP contribution in [0.1, 0.15) is 32.1 Å². The number of carbonyl (C=O) groups excluding carboxylic acids is 1. The molecule has 154 valence electrons. The van der Waals surface area contributed by atoms with E-state index in [1.54, 1.807) is 24.4 Å². The minimum absolute atomic E-state index is 0.131. The minimum atomic E-state index is -0.302. The Morgan fingerprint density at radius 2 is 2.00 bits per heavy atom. The van der Waals surface area contributed by atoms with Crippen LogP contribution in [0.5, 0.6) is 0 Å². The van der Waals surface area contributed by atoms with Gasteiger partial charge in [0.2, 0.25) is 5.91 Å². The van der Waals surface area contributed by atoms with Gasteiger partial charge in [-0.1, -0.05) is 12.8 Å². The molecule has 1 N–H and O–H groups in total. The van der Waals surface area contributed by atoms with Gasteiger partial charge in [0, 0.05) is 36.4 Å². The summed E-state index contributed by atoms with van der Waals surface area (Å²) in [6.45, 7) is 1.81. The molecule has 0 atom stereocenters. The third-order valence-corrected chi connectivity index (χ3v) is 6.36. The fraction of sp³-hybridized carbons (Fsp3) is 0.409. The standard InChI is InChI=1S/C22H24N6O2/c29-20(25-17-4-3-16-12-23-15-24-18(16)11-17)13-28-21(30)6-5-19(26-28)27-10-9-22(14-27)7-1-2-8-22/h3-6,11-12,15H,1-2,7-10,13-14H2,(H,25,29). The van der Waals surface area contributed by atoms with Crippen molar-refractivity contribution in [2.45, 2.75) is 38.6 Å². The average Bonchev–Trinajstić information content (AvgIpc) is 3.39. The Morgan fingerprint density at radius 3 is 2.87 bits per heavy atom. The number of anilines is 2. The SMILES string of the molecule is O=C(Cn1nc(N2CCC3(CCCC3)C2)ccc1=O)Nc1ccc2cncnc2c1. The average molecular weight is 404 g/mol. The molecule has 1 aliphatic heterocycles. The van der Waals surface area contributed by atoms with Crippen molar-refractivity contribution in [2.75, 3.05) is 23.3 Å². The molecule has 1 aliphatic carbocycles. The van der Waals surface area contributed by atoms with Crippen molar-refractivity contribution >= 4 is 28.3 Å². The van der Waals surface area contributed by atoms with E-state index in [4.69, 9.17) is 0 Å². The molecule has 8 nitrogen and oxygen atoms in total. The van der Waals surface area contributed by atoms with Crippen molar-refractivity contribution in [1.82, 2.24) is 19.7 Å². The molecule has 30 heavy (non-hydrogen) atoms. The molecule has 3 aromatic rings.